The Bertz CT molecular complexity index is 934. The molecule has 0 fully saturated rings. The van der Waals surface area contributed by atoms with Crippen LogP contribution in [0, 0.1) is 0 Å². The topological polar surface area (TPSA) is 67.6 Å². The summed E-state index contributed by atoms with van der Waals surface area (Å²) in [6.45, 7) is 0. The van der Waals surface area contributed by atoms with Gasteiger partial charge in [0.05, 0.1) is 23.4 Å². The fourth-order valence-corrected chi connectivity index (χ4v) is 2.69. The van der Waals surface area contributed by atoms with Crippen molar-refractivity contribution in [3.05, 3.63) is 54.9 Å². The summed E-state index contributed by atoms with van der Waals surface area (Å²) in [5.41, 5.74) is 8.18. The molecule has 4 aromatic rings. The molecule has 6 heteroatoms. The summed E-state index contributed by atoms with van der Waals surface area (Å²) in [4.78, 5) is 12.7. The average molecular weight is 326 g/mol. The molecule has 0 radical (unpaired) electrons. The molecule has 4 rings (SSSR count). The molecule has 0 amide bonds. The number of aromatic amines is 1. The number of aromatic nitrogens is 3. The van der Waals surface area contributed by atoms with Gasteiger partial charge in [-0.2, -0.15) is 3.89 Å². The highest BCUT2D eigenvalue weighted by Crippen LogP contribution is 2.28. The second-order valence-corrected chi connectivity index (χ2v) is 5.37. The standard InChI is InChI=1S/C16H10FN3S.CH5N/c17-21-11-3-1-10(2-4-11)14-6-5-12-13-9-18-8-7-15(13)20-16(12)19-14;1-2/h1-9H,(H,19,20);2H2,1H3. The minimum Gasteiger partial charge on any atom is -0.339 e. The second kappa shape index (κ2) is 6.76. The van der Waals surface area contributed by atoms with Crippen molar-refractivity contribution in [2.75, 3.05) is 7.05 Å². The molecule has 0 aliphatic carbocycles. The Hall–Kier alpha value is -2.44. The first kappa shape index (κ1) is 15.5. The van der Waals surface area contributed by atoms with E-state index < -0.39 is 0 Å². The number of nitrogens with one attached hydrogen (secondary N) is 1. The van der Waals surface area contributed by atoms with Gasteiger partial charge in [-0.05, 0) is 37.4 Å². The molecule has 0 spiro atoms. The van der Waals surface area contributed by atoms with Gasteiger partial charge in [0.15, 0.2) is 0 Å². The maximum Gasteiger partial charge on any atom is 0.139 e. The van der Waals surface area contributed by atoms with E-state index in [1.165, 1.54) is 7.05 Å². The molecule has 0 aliphatic heterocycles. The number of halogens is 1. The number of nitrogens with zero attached hydrogens (tertiary/aromatic N) is 2. The van der Waals surface area contributed by atoms with Gasteiger partial charge in [-0.25, -0.2) is 4.98 Å². The summed E-state index contributed by atoms with van der Waals surface area (Å²) in [6.07, 6.45) is 3.59. The number of rotatable bonds is 2. The van der Waals surface area contributed by atoms with Crippen LogP contribution in [0.4, 0.5) is 3.89 Å². The third-order valence-corrected chi connectivity index (χ3v) is 3.95. The van der Waals surface area contributed by atoms with Gasteiger partial charge in [-0.3, -0.25) is 4.98 Å². The predicted molar refractivity (Wildman–Crippen MR) is 93.9 cm³/mol. The van der Waals surface area contributed by atoms with Crippen LogP contribution < -0.4 is 5.73 Å². The Kier molecular flexibility index (Phi) is 4.55. The molecule has 0 saturated heterocycles. The molecule has 3 aromatic heterocycles. The van der Waals surface area contributed by atoms with Gasteiger partial charge in [0.1, 0.15) is 5.65 Å². The number of hydrogen-bond donors (Lipinski definition) is 2. The van der Waals surface area contributed by atoms with Crippen LogP contribution >= 0.6 is 12.1 Å². The zero-order chi connectivity index (χ0) is 16.2. The molecule has 4 nitrogen and oxygen atoms in total. The summed E-state index contributed by atoms with van der Waals surface area (Å²) in [7, 11) is 1.50. The summed E-state index contributed by atoms with van der Waals surface area (Å²) in [5.74, 6) is 0. The van der Waals surface area contributed by atoms with E-state index in [2.05, 4.69) is 20.7 Å². The molecule has 116 valence electrons. The third kappa shape index (κ3) is 2.91. The molecule has 23 heavy (non-hydrogen) atoms. The maximum absolute atomic E-state index is 12.5. The molecule has 1 aromatic carbocycles. The van der Waals surface area contributed by atoms with Gasteiger partial charge in [0.25, 0.3) is 0 Å². The van der Waals surface area contributed by atoms with Crippen LogP contribution in [-0.4, -0.2) is 22.0 Å². The molecule has 3 N–H and O–H groups in total. The zero-order valence-corrected chi connectivity index (χ0v) is 13.3. The Labute approximate surface area is 137 Å². The van der Waals surface area contributed by atoms with Crippen LogP contribution in [0.15, 0.2) is 59.8 Å². The minimum absolute atomic E-state index is 0.245. The van der Waals surface area contributed by atoms with Gasteiger partial charge in [-0.1, -0.05) is 12.1 Å². The number of pyridine rings is 2. The summed E-state index contributed by atoms with van der Waals surface area (Å²) in [5, 5.41) is 2.12. The van der Waals surface area contributed by atoms with Gasteiger partial charge < -0.3 is 10.7 Å². The van der Waals surface area contributed by atoms with E-state index in [-0.39, 0.29) is 12.1 Å². The van der Waals surface area contributed by atoms with E-state index in [1.54, 1.807) is 18.3 Å². The summed E-state index contributed by atoms with van der Waals surface area (Å²) >= 11 is 0.245. The van der Waals surface area contributed by atoms with E-state index >= 15 is 0 Å². The molecule has 0 bridgehead atoms. The second-order valence-electron chi connectivity index (χ2n) is 4.74. The normalized spacial score (nSPS) is 10.6. The molecule has 0 aliphatic rings. The fourth-order valence-electron chi connectivity index (χ4n) is 2.46. The maximum atomic E-state index is 12.5. The average Bonchev–Trinajstić information content (AvgIpc) is 3.01. The van der Waals surface area contributed by atoms with Crippen molar-refractivity contribution >= 4 is 34.1 Å². The smallest absolute Gasteiger partial charge is 0.139 e. The summed E-state index contributed by atoms with van der Waals surface area (Å²) < 4.78 is 12.5. The van der Waals surface area contributed by atoms with E-state index in [1.807, 2.05) is 36.5 Å². The van der Waals surface area contributed by atoms with Crippen LogP contribution in [-0.2, 0) is 0 Å². The van der Waals surface area contributed by atoms with Crippen molar-refractivity contribution in [2.45, 2.75) is 4.90 Å². The van der Waals surface area contributed by atoms with E-state index in [4.69, 9.17) is 0 Å². The highest BCUT2D eigenvalue weighted by Gasteiger charge is 2.07. The lowest BCUT2D eigenvalue weighted by atomic mass is 10.1. The molecular weight excluding hydrogens is 311 g/mol. The minimum atomic E-state index is 0.245. The Morgan fingerprint density at radius 1 is 1.00 bits per heavy atom. The van der Waals surface area contributed by atoms with Gasteiger partial charge in [-0.15, -0.1) is 0 Å². The molecule has 0 unspecified atom stereocenters. The van der Waals surface area contributed by atoms with E-state index in [9.17, 15) is 3.89 Å². The highest BCUT2D eigenvalue weighted by atomic mass is 32.2. The first-order chi connectivity index (χ1) is 11.3. The molecule has 0 atom stereocenters. The number of fused-ring (bicyclic) bond motifs is 3. The highest BCUT2D eigenvalue weighted by molar-refractivity contribution is 7.94. The predicted octanol–water partition coefficient (Wildman–Crippen LogP) is 4.33. The SMILES string of the molecule is CN.FSc1ccc(-c2ccc3c(n2)[nH]c2ccncc23)cc1. The van der Waals surface area contributed by atoms with Crippen LogP contribution in [0.1, 0.15) is 0 Å². The van der Waals surface area contributed by atoms with Crippen molar-refractivity contribution in [1.82, 2.24) is 15.0 Å². The lowest BCUT2D eigenvalue weighted by Gasteiger charge is -2.01. The molecular formula is C17H15FN4S. The monoisotopic (exact) mass is 326 g/mol. The van der Waals surface area contributed by atoms with Crippen molar-refractivity contribution < 1.29 is 3.89 Å². The van der Waals surface area contributed by atoms with Crippen molar-refractivity contribution in [2.24, 2.45) is 5.73 Å². The zero-order valence-electron chi connectivity index (χ0n) is 12.5. The molecule has 0 saturated carbocycles. The fraction of sp³-hybridized carbons (Fsp3) is 0.0588. The lowest BCUT2D eigenvalue weighted by molar-refractivity contribution is 0.934. The first-order valence-corrected chi connectivity index (χ1v) is 7.76. The Balaban J connectivity index is 0.000000753. The van der Waals surface area contributed by atoms with Crippen LogP contribution in [0.3, 0.4) is 0 Å². The summed E-state index contributed by atoms with van der Waals surface area (Å²) in [6, 6.07) is 13.2. The van der Waals surface area contributed by atoms with Crippen LogP contribution in [0.25, 0.3) is 33.2 Å². The van der Waals surface area contributed by atoms with Gasteiger partial charge in [0.2, 0.25) is 0 Å². The Morgan fingerprint density at radius 2 is 1.78 bits per heavy atom. The molecule has 3 heterocycles. The third-order valence-electron chi connectivity index (χ3n) is 3.50. The number of nitrogens with two attached hydrogens (primary N) is 1. The van der Waals surface area contributed by atoms with Crippen molar-refractivity contribution in [1.29, 1.82) is 0 Å². The van der Waals surface area contributed by atoms with Crippen LogP contribution in [0.2, 0.25) is 0 Å². The number of H-pyrrole nitrogens is 1. The van der Waals surface area contributed by atoms with Gasteiger partial charge >= 0.3 is 0 Å². The van der Waals surface area contributed by atoms with Crippen molar-refractivity contribution in [3.8, 4) is 11.3 Å². The van der Waals surface area contributed by atoms with Gasteiger partial charge in [0, 0.05) is 33.6 Å². The Morgan fingerprint density at radius 3 is 2.52 bits per heavy atom. The number of benzene rings is 1. The first-order valence-electron chi connectivity index (χ1n) is 7.04. The number of hydrogen-bond acceptors (Lipinski definition) is 4. The van der Waals surface area contributed by atoms with E-state index in [0.29, 0.717) is 4.90 Å². The van der Waals surface area contributed by atoms with E-state index in [0.717, 1.165) is 33.2 Å². The largest absolute Gasteiger partial charge is 0.339 e. The quantitative estimate of drug-likeness (QED) is 0.575. The van der Waals surface area contributed by atoms with Crippen LogP contribution in [0.5, 0.6) is 0 Å². The van der Waals surface area contributed by atoms with Crippen molar-refractivity contribution in [3.63, 3.8) is 0 Å². The lowest BCUT2D eigenvalue weighted by Crippen LogP contribution is -1.84.